The number of hydrogen-bond acceptors (Lipinski definition) is 8. The SMILES string of the molecule is CC1CC(N)C(S(=O)[O-])CC1Nc1nc(Cl)nc(Nc2cccc(Cl)c2)n1. The van der Waals surface area contributed by atoms with Crippen LogP contribution in [0.1, 0.15) is 19.8 Å². The van der Waals surface area contributed by atoms with Gasteiger partial charge in [0.05, 0.1) is 0 Å². The fourth-order valence-electron chi connectivity index (χ4n) is 3.16. The Bertz CT molecular complexity index is 842. The molecule has 5 atom stereocenters. The number of nitrogens with one attached hydrogen (secondary N) is 2. The van der Waals surface area contributed by atoms with Gasteiger partial charge in [0.15, 0.2) is 0 Å². The largest absolute Gasteiger partial charge is 0.772 e. The van der Waals surface area contributed by atoms with Crippen LogP contribution in [-0.4, -0.2) is 41.0 Å². The Hall–Kier alpha value is -1.52. The van der Waals surface area contributed by atoms with Crippen molar-refractivity contribution in [2.75, 3.05) is 10.6 Å². The molecule has 1 heterocycles. The Balaban J connectivity index is 1.76. The van der Waals surface area contributed by atoms with Crippen molar-refractivity contribution in [1.29, 1.82) is 0 Å². The van der Waals surface area contributed by atoms with Crippen molar-refractivity contribution in [2.45, 2.75) is 37.1 Å². The second kappa shape index (κ2) is 8.66. The van der Waals surface area contributed by atoms with E-state index in [1.54, 1.807) is 18.2 Å². The molecule has 1 aliphatic carbocycles. The lowest BCUT2D eigenvalue weighted by Gasteiger charge is -2.39. The highest BCUT2D eigenvalue weighted by atomic mass is 35.5. The van der Waals surface area contributed by atoms with E-state index < -0.39 is 16.3 Å². The molecule has 11 heteroatoms. The van der Waals surface area contributed by atoms with E-state index in [0.717, 1.165) is 0 Å². The number of hydrogen-bond donors (Lipinski definition) is 3. The second-order valence-corrected chi connectivity index (χ2v) is 8.45. The van der Waals surface area contributed by atoms with Gasteiger partial charge in [-0.2, -0.15) is 15.0 Å². The quantitative estimate of drug-likeness (QED) is 0.618. The highest BCUT2D eigenvalue weighted by Gasteiger charge is 2.34. The average molecular weight is 430 g/mol. The summed E-state index contributed by atoms with van der Waals surface area (Å²) in [5.74, 6) is 0.672. The minimum Gasteiger partial charge on any atom is -0.772 e. The zero-order chi connectivity index (χ0) is 19.6. The predicted molar refractivity (Wildman–Crippen MR) is 106 cm³/mol. The minimum absolute atomic E-state index is 0.0149. The first kappa shape index (κ1) is 20.2. The van der Waals surface area contributed by atoms with Crippen LogP contribution in [-0.2, 0) is 11.1 Å². The van der Waals surface area contributed by atoms with Gasteiger partial charge in [0.1, 0.15) is 0 Å². The summed E-state index contributed by atoms with van der Waals surface area (Å²) in [7, 11) is 0. The maximum atomic E-state index is 11.4. The molecule has 0 amide bonds. The maximum absolute atomic E-state index is 11.4. The number of nitrogens with zero attached hydrogens (tertiary/aromatic N) is 3. The molecule has 1 saturated carbocycles. The minimum atomic E-state index is -2.23. The number of anilines is 3. The summed E-state index contributed by atoms with van der Waals surface area (Å²) in [4.78, 5) is 12.5. The molecule has 2 aromatic rings. The molecule has 4 N–H and O–H groups in total. The molecule has 0 spiro atoms. The number of nitrogens with two attached hydrogens (primary N) is 1. The first-order chi connectivity index (χ1) is 12.8. The Morgan fingerprint density at radius 3 is 2.67 bits per heavy atom. The van der Waals surface area contributed by atoms with E-state index in [0.29, 0.717) is 23.6 Å². The first-order valence-corrected chi connectivity index (χ1v) is 10.3. The molecule has 0 bridgehead atoms. The van der Waals surface area contributed by atoms with Crippen LogP contribution < -0.4 is 16.4 Å². The van der Waals surface area contributed by atoms with E-state index in [2.05, 4.69) is 25.6 Å². The third-order valence-corrected chi connectivity index (χ3v) is 5.99. The third-order valence-electron chi connectivity index (χ3n) is 4.55. The fraction of sp³-hybridized carbons (Fsp3) is 0.438. The van der Waals surface area contributed by atoms with Gasteiger partial charge in [0.25, 0.3) is 0 Å². The van der Waals surface area contributed by atoms with Crippen molar-refractivity contribution >= 4 is 51.9 Å². The van der Waals surface area contributed by atoms with Gasteiger partial charge in [-0.15, -0.1) is 0 Å². The van der Waals surface area contributed by atoms with Crippen molar-refractivity contribution in [3.05, 3.63) is 34.6 Å². The van der Waals surface area contributed by atoms with E-state index in [-0.39, 0.29) is 35.2 Å². The molecule has 1 aromatic heterocycles. The van der Waals surface area contributed by atoms with Gasteiger partial charge in [0, 0.05) is 28.0 Å². The summed E-state index contributed by atoms with van der Waals surface area (Å²) in [6.45, 7) is 2.01. The summed E-state index contributed by atoms with van der Waals surface area (Å²) in [6.07, 6.45) is 0.960. The second-order valence-electron chi connectivity index (χ2n) is 6.55. The summed E-state index contributed by atoms with van der Waals surface area (Å²) >= 11 is 9.76. The zero-order valence-electron chi connectivity index (χ0n) is 14.4. The first-order valence-electron chi connectivity index (χ1n) is 8.36. The van der Waals surface area contributed by atoms with Crippen LogP contribution in [0.4, 0.5) is 17.6 Å². The van der Waals surface area contributed by atoms with Crippen molar-refractivity contribution in [3.8, 4) is 0 Å². The molecule has 8 nitrogen and oxygen atoms in total. The lowest BCUT2D eigenvalue weighted by atomic mass is 9.83. The van der Waals surface area contributed by atoms with Gasteiger partial charge >= 0.3 is 0 Å². The number of halogens is 2. The summed E-state index contributed by atoms with van der Waals surface area (Å²) in [5, 5.41) is 6.17. The van der Waals surface area contributed by atoms with Gasteiger partial charge < -0.3 is 20.9 Å². The number of aromatic nitrogens is 3. The van der Waals surface area contributed by atoms with Gasteiger partial charge in [-0.3, -0.25) is 4.21 Å². The van der Waals surface area contributed by atoms with Gasteiger partial charge in [0.2, 0.25) is 17.2 Å². The summed E-state index contributed by atoms with van der Waals surface area (Å²) in [5.41, 5.74) is 6.67. The molecule has 146 valence electrons. The standard InChI is InChI=1S/C16H20Cl2N6O2S/c1-8-5-11(19)13(27(25)26)7-12(8)21-16-23-14(18)22-15(24-16)20-10-4-2-3-9(17)6-10/h2-4,6,8,11-13H,5,7,19H2,1H3,(H,25,26)(H2,20,21,22,23,24)/p-1. The van der Waals surface area contributed by atoms with E-state index in [9.17, 15) is 8.76 Å². The molecule has 1 aromatic carbocycles. The average Bonchev–Trinajstić information content (AvgIpc) is 2.56. The lowest BCUT2D eigenvalue weighted by molar-refractivity contribution is 0.311. The van der Waals surface area contributed by atoms with Crippen LogP contribution in [0.2, 0.25) is 10.3 Å². The highest BCUT2D eigenvalue weighted by molar-refractivity contribution is 7.79. The third kappa shape index (κ3) is 5.26. The Morgan fingerprint density at radius 1 is 1.22 bits per heavy atom. The van der Waals surface area contributed by atoms with E-state index in [4.69, 9.17) is 28.9 Å². The van der Waals surface area contributed by atoms with Crippen molar-refractivity contribution in [1.82, 2.24) is 15.0 Å². The molecule has 1 aliphatic rings. The van der Waals surface area contributed by atoms with Gasteiger partial charge in [-0.25, -0.2) is 0 Å². The van der Waals surface area contributed by atoms with Crippen LogP contribution >= 0.6 is 23.2 Å². The molecule has 0 aliphatic heterocycles. The molecule has 1 fully saturated rings. The van der Waals surface area contributed by atoms with E-state index in [1.165, 1.54) is 0 Å². The monoisotopic (exact) mass is 429 g/mol. The van der Waals surface area contributed by atoms with Crippen molar-refractivity contribution in [3.63, 3.8) is 0 Å². The van der Waals surface area contributed by atoms with Crippen LogP contribution in [0.25, 0.3) is 0 Å². The molecule has 0 radical (unpaired) electrons. The number of rotatable bonds is 5. The van der Waals surface area contributed by atoms with Gasteiger partial charge in [-0.05, 0) is 48.6 Å². The van der Waals surface area contributed by atoms with E-state index in [1.807, 2.05) is 13.0 Å². The van der Waals surface area contributed by atoms with E-state index >= 15 is 0 Å². The molecular weight excluding hydrogens is 411 g/mol. The molecule has 0 saturated heterocycles. The highest BCUT2D eigenvalue weighted by Crippen LogP contribution is 2.29. The predicted octanol–water partition coefficient (Wildman–Crippen LogP) is 2.71. The fourth-order valence-corrected chi connectivity index (χ4v) is 4.27. The maximum Gasteiger partial charge on any atom is 0.233 e. The Kier molecular flexibility index (Phi) is 6.48. The molecule has 27 heavy (non-hydrogen) atoms. The van der Waals surface area contributed by atoms with Crippen LogP contribution in [0, 0.1) is 5.92 Å². The Labute approximate surface area is 169 Å². The van der Waals surface area contributed by atoms with Crippen LogP contribution in [0.5, 0.6) is 0 Å². The normalized spacial score (nSPS) is 26.4. The summed E-state index contributed by atoms with van der Waals surface area (Å²) < 4.78 is 22.8. The lowest BCUT2D eigenvalue weighted by Crippen LogP contribution is -2.50. The molecular formula is C16H19Cl2N6O2S-. The summed E-state index contributed by atoms with van der Waals surface area (Å²) in [6, 6.07) is 6.57. The zero-order valence-corrected chi connectivity index (χ0v) is 16.8. The van der Waals surface area contributed by atoms with Crippen molar-refractivity contribution < 1.29 is 8.76 Å². The Morgan fingerprint density at radius 2 is 1.96 bits per heavy atom. The smallest absolute Gasteiger partial charge is 0.233 e. The number of benzene rings is 1. The van der Waals surface area contributed by atoms with Gasteiger partial charge in [-0.1, -0.05) is 35.7 Å². The van der Waals surface area contributed by atoms with Crippen LogP contribution in [0.3, 0.4) is 0 Å². The van der Waals surface area contributed by atoms with Crippen molar-refractivity contribution in [2.24, 2.45) is 11.7 Å². The topological polar surface area (TPSA) is 129 Å². The molecule has 5 unspecified atom stereocenters. The van der Waals surface area contributed by atoms with Crippen LogP contribution in [0.15, 0.2) is 24.3 Å². The molecule has 3 rings (SSSR count).